The Hall–Kier alpha value is -3.02. The molecule has 1 aliphatic carbocycles. The largest absolute Gasteiger partial charge is 0.486 e. The lowest BCUT2D eigenvalue weighted by Gasteiger charge is -2.30. The number of carbonyl (C=O) groups excluding carboxylic acids is 2. The van der Waals surface area contributed by atoms with E-state index >= 15 is 0 Å². The molecule has 1 fully saturated rings. The first-order valence-electron chi connectivity index (χ1n) is 10.7. The van der Waals surface area contributed by atoms with Crippen LogP contribution >= 0.6 is 0 Å². The quantitative estimate of drug-likeness (QED) is 0.738. The van der Waals surface area contributed by atoms with E-state index in [-0.39, 0.29) is 18.2 Å². The molecular weight excluding hydrogens is 380 g/mol. The summed E-state index contributed by atoms with van der Waals surface area (Å²) in [6.45, 7) is 1.89. The van der Waals surface area contributed by atoms with Crippen LogP contribution in [0.2, 0.25) is 0 Å². The van der Waals surface area contributed by atoms with Crippen molar-refractivity contribution >= 4 is 11.8 Å². The summed E-state index contributed by atoms with van der Waals surface area (Å²) < 4.78 is 11.3. The Labute approximate surface area is 177 Å². The van der Waals surface area contributed by atoms with Gasteiger partial charge in [0.25, 0.3) is 0 Å². The lowest BCUT2D eigenvalue weighted by Crippen LogP contribution is -2.43. The van der Waals surface area contributed by atoms with Crippen molar-refractivity contribution in [3.63, 3.8) is 0 Å². The van der Waals surface area contributed by atoms with E-state index in [1.54, 1.807) is 0 Å². The van der Waals surface area contributed by atoms with Crippen LogP contribution in [0, 0.1) is 0 Å². The second-order valence-corrected chi connectivity index (χ2v) is 7.92. The molecule has 2 aromatic carbocycles. The molecular formula is C24H28N2O4. The molecule has 30 heavy (non-hydrogen) atoms. The van der Waals surface area contributed by atoms with Gasteiger partial charge in [-0.3, -0.25) is 9.59 Å². The first-order chi connectivity index (χ1) is 14.7. The van der Waals surface area contributed by atoms with E-state index in [1.165, 1.54) is 0 Å². The van der Waals surface area contributed by atoms with E-state index in [0.29, 0.717) is 32.1 Å². The third-order valence-corrected chi connectivity index (χ3v) is 5.96. The molecule has 0 radical (unpaired) electrons. The Morgan fingerprint density at radius 3 is 2.40 bits per heavy atom. The molecule has 2 aromatic rings. The maximum Gasteiger partial charge on any atom is 0.230 e. The third kappa shape index (κ3) is 4.42. The van der Waals surface area contributed by atoms with Crippen molar-refractivity contribution in [2.75, 3.05) is 19.8 Å². The second-order valence-electron chi connectivity index (χ2n) is 7.92. The van der Waals surface area contributed by atoms with Gasteiger partial charge in [0.05, 0.1) is 5.41 Å². The fraction of sp³-hybridized carbons (Fsp3) is 0.417. The molecule has 1 heterocycles. The summed E-state index contributed by atoms with van der Waals surface area (Å²) in [6, 6.07) is 15.6. The monoisotopic (exact) mass is 408 g/mol. The van der Waals surface area contributed by atoms with Gasteiger partial charge < -0.3 is 20.1 Å². The van der Waals surface area contributed by atoms with Crippen LogP contribution in [0.15, 0.2) is 48.5 Å². The van der Waals surface area contributed by atoms with Crippen LogP contribution in [0.5, 0.6) is 11.5 Å². The van der Waals surface area contributed by atoms with Crippen molar-refractivity contribution in [3.05, 3.63) is 59.7 Å². The van der Waals surface area contributed by atoms with Crippen LogP contribution in [-0.4, -0.2) is 31.6 Å². The van der Waals surface area contributed by atoms with Gasteiger partial charge >= 0.3 is 0 Å². The highest BCUT2D eigenvalue weighted by atomic mass is 16.6. The first-order valence-corrected chi connectivity index (χ1v) is 10.7. The topological polar surface area (TPSA) is 76.7 Å². The van der Waals surface area contributed by atoms with Gasteiger partial charge in [0.1, 0.15) is 13.2 Å². The van der Waals surface area contributed by atoms with Crippen LogP contribution in [0.3, 0.4) is 0 Å². The van der Waals surface area contributed by atoms with Gasteiger partial charge in [-0.15, -0.1) is 0 Å². The SMILES string of the molecule is O=C(CCNC(=O)C1(c2ccc3c(c2)OCCO3)CCCC1)NCc1ccccc1. The Balaban J connectivity index is 1.34. The molecule has 0 aromatic heterocycles. The molecule has 0 spiro atoms. The molecule has 0 bridgehead atoms. The minimum atomic E-state index is -0.559. The van der Waals surface area contributed by atoms with Crippen molar-refractivity contribution in [2.24, 2.45) is 0 Å². The van der Waals surface area contributed by atoms with Gasteiger partial charge in [-0.25, -0.2) is 0 Å². The molecule has 4 rings (SSSR count). The average molecular weight is 408 g/mol. The summed E-state index contributed by atoms with van der Waals surface area (Å²) >= 11 is 0. The number of rotatable bonds is 7. The molecule has 2 amide bonds. The van der Waals surface area contributed by atoms with E-state index in [4.69, 9.17) is 9.47 Å². The lowest BCUT2D eigenvalue weighted by molar-refractivity contribution is -0.127. The number of carbonyl (C=O) groups is 2. The van der Waals surface area contributed by atoms with Crippen molar-refractivity contribution in [3.8, 4) is 11.5 Å². The van der Waals surface area contributed by atoms with Crippen molar-refractivity contribution in [1.29, 1.82) is 0 Å². The van der Waals surface area contributed by atoms with Gasteiger partial charge in [0.2, 0.25) is 11.8 Å². The fourth-order valence-electron chi connectivity index (χ4n) is 4.31. The molecule has 2 N–H and O–H groups in total. The van der Waals surface area contributed by atoms with Crippen molar-refractivity contribution < 1.29 is 19.1 Å². The van der Waals surface area contributed by atoms with Crippen molar-refractivity contribution in [1.82, 2.24) is 10.6 Å². The van der Waals surface area contributed by atoms with Crippen molar-refractivity contribution in [2.45, 2.75) is 44.1 Å². The van der Waals surface area contributed by atoms with E-state index in [9.17, 15) is 9.59 Å². The van der Waals surface area contributed by atoms with Gasteiger partial charge in [0, 0.05) is 19.5 Å². The van der Waals surface area contributed by atoms with Gasteiger partial charge in [-0.2, -0.15) is 0 Å². The van der Waals surface area contributed by atoms with Crippen LogP contribution in [0.1, 0.15) is 43.2 Å². The molecule has 6 nitrogen and oxygen atoms in total. The molecule has 0 atom stereocenters. The number of nitrogens with one attached hydrogen (secondary N) is 2. The number of hydrogen-bond donors (Lipinski definition) is 2. The van der Waals surface area contributed by atoms with Crippen LogP contribution in [0.25, 0.3) is 0 Å². The van der Waals surface area contributed by atoms with E-state index in [1.807, 2.05) is 48.5 Å². The fourth-order valence-corrected chi connectivity index (χ4v) is 4.31. The minimum Gasteiger partial charge on any atom is -0.486 e. The Bertz CT molecular complexity index is 891. The second kappa shape index (κ2) is 9.20. The van der Waals surface area contributed by atoms with Gasteiger partial charge in [0.15, 0.2) is 11.5 Å². The van der Waals surface area contributed by atoms with Gasteiger partial charge in [-0.05, 0) is 36.1 Å². The number of amides is 2. The predicted octanol–water partition coefficient (Wildman–Crippen LogP) is 3.09. The molecule has 6 heteroatoms. The highest BCUT2D eigenvalue weighted by Gasteiger charge is 2.43. The predicted molar refractivity (Wildman–Crippen MR) is 113 cm³/mol. The zero-order valence-electron chi connectivity index (χ0n) is 17.1. The van der Waals surface area contributed by atoms with E-state index in [0.717, 1.165) is 42.6 Å². The number of fused-ring (bicyclic) bond motifs is 1. The number of ether oxygens (including phenoxy) is 2. The standard InChI is InChI=1S/C24H28N2O4/c27-22(26-17-18-6-2-1-3-7-18)10-13-25-23(28)24(11-4-5-12-24)19-8-9-20-21(16-19)30-15-14-29-20/h1-3,6-9,16H,4-5,10-15,17H2,(H,25,28)(H,26,27). The molecule has 1 saturated carbocycles. The summed E-state index contributed by atoms with van der Waals surface area (Å²) in [5, 5.41) is 5.90. The summed E-state index contributed by atoms with van der Waals surface area (Å²) in [5.74, 6) is 1.36. The highest BCUT2D eigenvalue weighted by molar-refractivity contribution is 5.89. The zero-order valence-corrected chi connectivity index (χ0v) is 17.1. The Kier molecular flexibility index (Phi) is 6.21. The zero-order chi connectivity index (χ0) is 20.8. The first kappa shape index (κ1) is 20.3. The van der Waals surface area contributed by atoms with Crippen LogP contribution < -0.4 is 20.1 Å². The average Bonchev–Trinajstić information content (AvgIpc) is 3.29. The maximum absolute atomic E-state index is 13.2. The third-order valence-electron chi connectivity index (χ3n) is 5.96. The molecule has 158 valence electrons. The summed E-state index contributed by atoms with van der Waals surface area (Å²) in [5.41, 5.74) is 1.46. The van der Waals surface area contributed by atoms with Gasteiger partial charge in [-0.1, -0.05) is 49.2 Å². The summed E-state index contributed by atoms with van der Waals surface area (Å²) in [6.07, 6.45) is 3.89. The summed E-state index contributed by atoms with van der Waals surface area (Å²) in [7, 11) is 0. The Morgan fingerprint density at radius 1 is 0.900 bits per heavy atom. The molecule has 0 saturated heterocycles. The molecule has 0 unspecified atom stereocenters. The highest BCUT2D eigenvalue weighted by Crippen LogP contribution is 2.44. The smallest absolute Gasteiger partial charge is 0.230 e. The number of benzene rings is 2. The number of hydrogen-bond acceptors (Lipinski definition) is 4. The van der Waals surface area contributed by atoms with Crippen LogP contribution in [-0.2, 0) is 21.5 Å². The Morgan fingerprint density at radius 2 is 1.63 bits per heavy atom. The lowest BCUT2D eigenvalue weighted by atomic mass is 9.77. The molecule has 1 aliphatic heterocycles. The minimum absolute atomic E-state index is 0.00691. The normalized spacial score (nSPS) is 16.7. The van der Waals surface area contributed by atoms with E-state index < -0.39 is 5.41 Å². The van der Waals surface area contributed by atoms with Crippen LogP contribution in [0.4, 0.5) is 0 Å². The summed E-state index contributed by atoms with van der Waals surface area (Å²) in [4.78, 5) is 25.3. The molecule has 2 aliphatic rings. The maximum atomic E-state index is 13.2. The van der Waals surface area contributed by atoms with E-state index in [2.05, 4.69) is 10.6 Å².